The van der Waals surface area contributed by atoms with Crippen molar-refractivity contribution < 1.29 is 19.1 Å². The smallest absolute Gasteiger partial charge is 0.410 e. The number of likely N-dealkylation sites (tertiary alicyclic amines) is 1. The van der Waals surface area contributed by atoms with Crippen LogP contribution < -0.4 is 4.90 Å². The fourth-order valence-corrected chi connectivity index (χ4v) is 4.03. The maximum absolute atomic E-state index is 13.0. The number of benzene rings is 1. The summed E-state index contributed by atoms with van der Waals surface area (Å²) in [5, 5.41) is 0. The van der Waals surface area contributed by atoms with Gasteiger partial charge in [0.15, 0.2) is 0 Å². The summed E-state index contributed by atoms with van der Waals surface area (Å²) in [7, 11) is 0. The molecule has 1 aromatic carbocycles. The monoisotopic (exact) mass is 372 g/mol. The number of para-hydroxylation sites is 1. The first-order chi connectivity index (χ1) is 12.7. The van der Waals surface area contributed by atoms with E-state index in [-0.39, 0.29) is 12.0 Å². The topological polar surface area (TPSA) is 59.1 Å². The van der Waals surface area contributed by atoms with Crippen LogP contribution >= 0.6 is 0 Å². The zero-order valence-electron chi connectivity index (χ0n) is 16.4. The Kier molecular flexibility index (Phi) is 4.22. The standard InChI is InChI=1S/C21H28N2O4/c1-19(2,3)26-18(25)22-13-11-20(12-14-22)15-23(16-7-5-4-6-8-16)17(24)21(27-20)9-10-21/h4-8H,9-15H2,1-3H3. The van der Waals surface area contributed by atoms with Crippen LogP contribution in [0.1, 0.15) is 46.5 Å². The molecule has 2 spiro atoms. The molecule has 1 aromatic rings. The third-order valence-electron chi connectivity index (χ3n) is 5.59. The number of carbonyl (C=O) groups excluding carboxylic acids is 2. The minimum absolute atomic E-state index is 0.0777. The third-order valence-corrected chi connectivity index (χ3v) is 5.59. The van der Waals surface area contributed by atoms with Crippen molar-refractivity contribution in [1.82, 2.24) is 4.90 Å². The first-order valence-corrected chi connectivity index (χ1v) is 9.77. The van der Waals surface area contributed by atoms with E-state index in [2.05, 4.69) is 0 Å². The van der Waals surface area contributed by atoms with Crippen molar-refractivity contribution in [3.05, 3.63) is 30.3 Å². The highest BCUT2D eigenvalue weighted by Gasteiger charge is 2.62. The zero-order chi connectivity index (χ0) is 19.3. The molecule has 2 saturated heterocycles. The lowest BCUT2D eigenvalue weighted by atomic mass is 9.87. The lowest BCUT2D eigenvalue weighted by Gasteiger charge is -2.49. The lowest BCUT2D eigenvalue weighted by Crippen LogP contribution is -2.63. The van der Waals surface area contributed by atoms with Crippen LogP contribution in [0.2, 0.25) is 0 Å². The molecule has 1 saturated carbocycles. The van der Waals surface area contributed by atoms with Gasteiger partial charge < -0.3 is 19.3 Å². The number of piperidine rings is 1. The molecule has 0 radical (unpaired) electrons. The van der Waals surface area contributed by atoms with Gasteiger partial charge in [-0.25, -0.2) is 4.79 Å². The highest BCUT2D eigenvalue weighted by molar-refractivity contribution is 6.02. The van der Waals surface area contributed by atoms with E-state index in [0.29, 0.717) is 32.5 Å². The fourth-order valence-electron chi connectivity index (χ4n) is 4.03. The van der Waals surface area contributed by atoms with Crippen molar-refractivity contribution in [3.63, 3.8) is 0 Å². The van der Waals surface area contributed by atoms with Crippen LogP contribution in [-0.2, 0) is 14.3 Å². The first kappa shape index (κ1) is 18.3. The second-order valence-electron chi connectivity index (χ2n) is 8.97. The molecule has 6 nitrogen and oxygen atoms in total. The van der Waals surface area contributed by atoms with E-state index in [9.17, 15) is 9.59 Å². The molecule has 6 heteroatoms. The molecule has 4 rings (SSSR count). The predicted octanol–water partition coefficient (Wildman–Crippen LogP) is 3.35. The number of rotatable bonds is 1. The summed E-state index contributed by atoms with van der Waals surface area (Å²) in [5.74, 6) is 0.0777. The number of hydrogen-bond acceptors (Lipinski definition) is 4. The minimum Gasteiger partial charge on any atom is -0.444 e. The van der Waals surface area contributed by atoms with Gasteiger partial charge in [-0.15, -0.1) is 0 Å². The molecule has 3 fully saturated rings. The van der Waals surface area contributed by atoms with Crippen LogP contribution in [-0.4, -0.2) is 53.3 Å². The second-order valence-corrected chi connectivity index (χ2v) is 8.97. The van der Waals surface area contributed by atoms with E-state index in [1.165, 1.54) is 0 Å². The number of hydrogen-bond donors (Lipinski definition) is 0. The Morgan fingerprint density at radius 1 is 1.07 bits per heavy atom. The van der Waals surface area contributed by atoms with Crippen LogP contribution in [0.5, 0.6) is 0 Å². The van der Waals surface area contributed by atoms with Crippen LogP contribution in [0.3, 0.4) is 0 Å². The fraction of sp³-hybridized carbons (Fsp3) is 0.619. The average molecular weight is 372 g/mol. The molecule has 2 aliphatic heterocycles. The molecule has 0 unspecified atom stereocenters. The largest absolute Gasteiger partial charge is 0.444 e. The summed E-state index contributed by atoms with van der Waals surface area (Å²) in [6, 6.07) is 9.81. The van der Waals surface area contributed by atoms with Crippen molar-refractivity contribution in [2.75, 3.05) is 24.5 Å². The van der Waals surface area contributed by atoms with Crippen molar-refractivity contribution in [2.24, 2.45) is 0 Å². The van der Waals surface area contributed by atoms with Crippen molar-refractivity contribution in [1.29, 1.82) is 0 Å². The Labute approximate surface area is 160 Å². The van der Waals surface area contributed by atoms with E-state index >= 15 is 0 Å². The van der Waals surface area contributed by atoms with Gasteiger partial charge in [-0.05, 0) is 58.6 Å². The summed E-state index contributed by atoms with van der Waals surface area (Å²) in [6.45, 7) is 7.34. The molecule has 2 heterocycles. The lowest BCUT2D eigenvalue weighted by molar-refractivity contribution is -0.171. The quantitative estimate of drug-likeness (QED) is 0.759. The van der Waals surface area contributed by atoms with Gasteiger partial charge in [0.25, 0.3) is 5.91 Å². The molecule has 146 valence electrons. The van der Waals surface area contributed by atoms with E-state index in [0.717, 1.165) is 18.5 Å². The van der Waals surface area contributed by atoms with Crippen LogP contribution in [0.25, 0.3) is 0 Å². The highest BCUT2D eigenvalue weighted by Crippen LogP contribution is 2.50. The normalized spacial score (nSPS) is 23.6. The summed E-state index contributed by atoms with van der Waals surface area (Å²) < 4.78 is 11.9. The second kappa shape index (κ2) is 6.23. The van der Waals surface area contributed by atoms with E-state index < -0.39 is 16.8 Å². The molecule has 0 aromatic heterocycles. The number of nitrogens with zero attached hydrogens (tertiary/aromatic N) is 2. The molecule has 27 heavy (non-hydrogen) atoms. The SMILES string of the molecule is CC(C)(C)OC(=O)N1CCC2(CC1)CN(c1ccccc1)C(=O)C1(CC1)O2. The molecule has 0 bridgehead atoms. The van der Waals surface area contributed by atoms with Crippen LogP contribution in [0.15, 0.2) is 30.3 Å². The maximum Gasteiger partial charge on any atom is 0.410 e. The Morgan fingerprint density at radius 3 is 2.26 bits per heavy atom. The van der Waals surface area contributed by atoms with Gasteiger partial charge >= 0.3 is 6.09 Å². The molecule has 3 aliphatic rings. The molecular formula is C21H28N2O4. The number of ether oxygens (including phenoxy) is 2. The van der Waals surface area contributed by atoms with Gasteiger partial charge in [0.05, 0.1) is 12.1 Å². The van der Waals surface area contributed by atoms with E-state index in [1.54, 1.807) is 4.90 Å². The molecule has 0 atom stereocenters. The van der Waals surface area contributed by atoms with Crippen LogP contribution in [0.4, 0.5) is 10.5 Å². The van der Waals surface area contributed by atoms with E-state index in [1.807, 2.05) is 56.0 Å². The molecule has 0 N–H and O–H groups in total. The van der Waals surface area contributed by atoms with Gasteiger partial charge in [0, 0.05) is 18.8 Å². The van der Waals surface area contributed by atoms with Gasteiger partial charge in [0.2, 0.25) is 0 Å². The van der Waals surface area contributed by atoms with Gasteiger partial charge in [-0.2, -0.15) is 0 Å². The van der Waals surface area contributed by atoms with Crippen molar-refractivity contribution in [2.45, 2.75) is 63.3 Å². The van der Waals surface area contributed by atoms with Crippen molar-refractivity contribution in [3.8, 4) is 0 Å². The number of anilines is 1. The highest BCUT2D eigenvalue weighted by atomic mass is 16.6. The first-order valence-electron chi connectivity index (χ1n) is 9.77. The van der Waals surface area contributed by atoms with Gasteiger partial charge in [0.1, 0.15) is 11.2 Å². The number of carbonyl (C=O) groups is 2. The number of morpholine rings is 1. The number of amides is 2. The summed E-state index contributed by atoms with van der Waals surface area (Å²) >= 11 is 0. The minimum atomic E-state index is -0.651. The Hall–Kier alpha value is -2.08. The summed E-state index contributed by atoms with van der Waals surface area (Å²) in [5.41, 5.74) is -0.616. The summed E-state index contributed by atoms with van der Waals surface area (Å²) in [4.78, 5) is 29.0. The van der Waals surface area contributed by atoms with Crippen molar-refractivity contribution >= 4 is 17.7 Å². The Morgan fingerprint density at radius 2 is 1.70 bits per heavy atom. The predicted molar refractivity (Wildman–Crippen MR) is 102 cm³/mol. The van der Waals surface area contributed by atoms with Crippen LogP contribution in [0, 0.1) is 0 Å². The Bertz CT molecular complexity index is 728. The van der Waals surface area contributed by atoms with Gasteiger partial charge in [-0.3, -0.25) is 4.79 Å². The van der Waals surface area contributed by atoms with E-state index in [4.69, 9.17) is 9.47 Å². The van der Waals surface area contributed by atoms with Gasteiger partial charge in [-0.1, -0.05) is 18.2 Å². The zero-order valence-corrected chi connectivity index (χ0v) is 16.4. The molecule has 2 amide bonds. The Balaban J connectivity index is 1.49. The molecular weight excluding hydrogens is 344 g/mol. The summed E-state index contributed by atoms with van der Waals surface area (Å²) in [6.07, 6.45) is 2.72. The maximum atomic E-state index is 13.0. The third kappa shape index (κ3) is 3.55. The molecule has 1 aliphatic carbocycles. The average Bonchev–Trinajstić information content (AvgIpc) is 3.38.